The zero-order chi connectivity index (χ0) is 21.1. The van der Waals surface area contributed by atoms with Gasteiger partial charge in [0.25, 0.3) is 0 Å². The van der Waals surface area contributed by atoms with Gasteiger partial charge in [0.1, 0.15) is 25.0 Å². The second-order valence-corrected chi connectivity index (χ2v) is 7.49. The third-order valence-electron chi connectivity index (χ3n) is 4.63. The Balaban J connectivity index is 1.58. The van der Waals surface area contributed by atoms with E-state index in [0.29, 0.717) is 40.6 Å². The quantitative estimate of drug-likeness (QED) is 0.669. The maximum atomic E-state index is 13.2. The van der Waals surface area contributed by atoms with Crippen molar-refractivity contribution >= 4 is 44.9 Å². The van der Waals surface area contributed by atoms with E-state index in [1.165, 1.54) is 0 Å². The van der Waals surface area contributed by atoms with Crippen molar-refractivity contribution in [1.29, 1.82) is 0 Å². The van der Waals surface area contributed by atoms with Crippen LogP contribution in [-0.2, 0) is 14.3 Å². The molecule has 0 aliphatic carbocycles. The number of halogens is 1. The summed E-state index contributed by atoms with van der Waals surface area (Å²) in [7, 11) is 0. The van der Waals surface area contributed by atoms with Crippen LogP contribution in [0.4, 0.5) is 11.4 Å². The number of para-hydroxylation sites is 1. The number of nitrogens with one attached hydrogen (secondary N) is 1. The number of amides is 1. The zero-order valence-corrected chi connectivity index (χ0v) is 17.8. The molecule has 0 saturated heterocycles. The molecule has 1 amide bonds. The highest BCUT2D eigenvalue weighted by Crippen LogP contribution is 2.38. The van der Waals surface area contributed by atoms with Crippen LogP contribution in [0.1, 0.15) is 13.3 Å². The van der Waals surface area contributed by atoms with Crippen molar-refractivity contribution in [2.45, 2.75) is 19.4 Å². The fourth-order valence-electron chi connectivity index (χ4n) is 3.25. The number of benzene rings is 2. The number of anilines is 2. The average molecular weight is 474 g/mol. The van der Waals surface area contributed by atoms with Gasteiger partial charge in [0, 0.05) is 23.0 Å². The van der Waals surface area contributed by atoms with Gasteiger partial charge < -0.3 is 19.5 Å². The third-order valence-corrected chi connectivity index (χ3v) is 5.29. The van der Waals surface area contributed by atoms with Crippen LogP contribution in [0.5, 0.6) is 11.5 Å². The number of hydrazone groups is 1. The molecule has 156 valence electrons. The normalized spacial score (nSPS) is 17.3. The van der Waals surface area contributed by atoms with Crippen molar-refractivity contribution in [2.24, 2.45) is 5.10 Å². The summed E-state index contributed by atoms with van der Waals surface area (Å²) >= 11 is 3.46. The zero-order valence-electron chi connectivity index (χ0n) is 16.3. The molecule has 0 saturated carbocycles. The number of rotatable bonds is 5. The number of fused-ring (bicyclic) bond motifs is 1. The van der Waals surface area contributed by atoms with Crippen LogP contribution in [0.25, 0.3) is 0 Å². The Hall–Kier alpha value is -3.07. The molecule has 1 unspecified atom stereocenters. The first kappa shape index (κ1) is 20.2. The van der Waals surface area contributed by atoms with E-state index in [-0.39, 0.29) is 24.6 Å². The predicted molar refractivity (Wildman–Crippen MR) is 115 cm³/mol. The second kappa shape index (κ2) is 8.74. The topological polar surface area (TPSA) is 89.5 Å². The molecule has 8 nitrogen and oxygen atoms in total. The van der Waals surface area contributed by atoms with Gasteiger partial charge in [0.05, 0.1) is 18.0 Å². The number of nitrogens with zero attached hydrogens (tertiary/aromatic N) is 2. The largest absolute Gasteiger partial charge is 0.486 e. The number of ether oxygens (including phenoxy) is 3. The van der Waals surface area contributed by atoms with Crippen molar-refractivity contribution in [3.05, 3.63) is 46.9 Å². The lowest BCUT2D eigenvalue weighted by Gasteiger charge is -2.24. The lowest BCUT2D eigenvalue weighted by atomic mass is 10.1. The highest BCUT2D eigenvalue weighted by Gasteiger charge is 2.37. The van der Waals surface area contributed by atoms with Gasteiger partial charge >= 0.3 is 5.97 Å². The van der Waals surface area contributed by atoms with E-state index in [2.05, 4.69) is 26.3 Å². The molecule has 0 radical (unpaired) electrons. The van der Waals surface area contributed by atoms with Gasteiger partial charge in [0.2, 0.25) is 5.91 Å². The van der Waals surface area contributed by atoms with Crippen LogP contribution < -0.4 is 19.8 Å². The molecule has 2 aromatic carbocycles. The van der Waals surface area contributed by atoms with Gasteiger partial charge in [-0.05, 0) is 35.0 Å². The number of hydrogen-bond acceptors (Lipinski definition) is 7. The molecular formula is C21H20BrN3O5. The number of carbonyl (C=O) groups excluding carboxylic acids is 2. The van der Waals surface area contributed by atoms with Crippen LogP contribution >= 0.6 is 15.9 Å². The van der Waals surface area contributed by atoms with E-state index in [1.807, 2.05) is 30.3 Å². The first-order valence-electron chi connectivity index (χ1n) is 9.55. The van der Waals surface area contributed by atoms with Crippen molar-refractivity contribution in [3.8, 4) is 11.5 Å². The van der Waals surface area contributed by atoms with E-state index in [0.717, 1.165) is 0 Å². The Labute approximate surface area is 181 Å². The maximum Gasteiger partial charge on any atom is 0.354 e. The summed E-state index contributed by atoms with van der Waals surface area (Å²) in [4.78, 5) is 25.4. The Bertz CT molecular complexity index is 996. The molecule has 1 atom stereocenters. The Morgan fingerprint density at radius 3 is 2.60 bits per heavy atom. The van der Waals surface area contributed by atoms with Crippen molar-refractivity contribution in [1.82, 2.24) is 0 Å². The molecule has 30 heavy (non-hydrogen) atoms. The second-order valence-electron chi connectivity index (χ2n) is 6.63. The monoisotopic (exact) mass is 473 g/mol. The average Bonchev–Trinajstić information content (AvgIpc) is 3.21. The SMILES string of the molecule is CCOC(=O)C1=NN(c2ccccc2)C(C(=O)Nc2cc3c(cc2Br)OCCO3)C1. The molecule has 0 bridgehead atoms. The van der Waals surface area contributed by atoms with Crippen LogP contribution in [-0.4, -0.2) is 43.5 Å². The van der Waals surface area contributed by atoms with Crippen LogP contribution in [0.15, 0.2) is 52.0 Å². The van der Waals surface area contributed by atoms with E-state index in [9.17, 15) is 9.59 Å². The third kappa shape index (κ3) is 4.11. The molecule has 0 aromatic heterocycles. The summed E-state index contributed by atoms with van der Waals surface area (Å²) in [6, 6.07) is 12.0. The molecule has 0 spiro atoms. The van der Waals surface area contributed by atoms with Gasteiger partial charge in [-0.15, -0.1) is 0 Å². The van der Waals surface area contributed by atoms with Crippen LogP contribution in [0.2, 0.25) is 0 Å². The smallest absolute Gasteiger partial charge is 0.354 e. The van der Waals surface area contributed by atoms with Gasteiger partial charge in [-0.2, -0.15) is 5.10 Å². The molecule has 2 aliphatic heterocycles. The Kier molecular flexibility index (Phi) is 5.89. The molecule has 2 aliphatic rings. The van der Waals surface area contributed by atoms with Gasteiger partial charge in [0.15, 0.2) is 11.5 Å². The van der Waals surface area contributed by atoms with E-state index in [1.54, 1.807) is 24.1 Å². The van der Waals surface area contributed by atoms with E-state index < -0.39 is 12.0 Å². The highest BCUT2D eigenvalue weighted by atomic mass is 79.9. The summed E-state index contributed by atoms with van der Waals surface area (Å²) in [5, 5.41) is 8.83. The first-order valence-corrected chi connectivity index (χ1v) is 10.3. The number of carbonyl (C=O) groups is 2. The summed E-state index contributed by atoms with van der Waals surface area (Å²) in [5.74, 6) is 0.355. The summed E-state index contributed by atoms with van der Waals surface area (Å²) in [6.45, 7) is 2.90. The van der Waals surface area contributed by atoms with E-state index >= 15 is 0 Å². The lowest BCUT2D eigenvalue weighted by molar-refractivity contribution is -0.135. The molecule has 4 rings (SSSR count). The molecule has 9 heteroatoms. The van der Waals surface area contributed by atoms with Crippen molar-refractivity contribution in [2.75, 3.05) is 30.1 Å². The summed E-state index contributed by atoms with van der Waals surface area (Å²) in [5.41, 5.74) is 1.46. The lowest BCUT2D eigenvalue weighted by Crippen LogP contribution is -2.39. The van der Waals surface area contributed by atoms with Gasteiger partial charge in [-0.3, -0.25) is 9.80 Å². The number of esters is 1. The molecular weight excluding hydrogens is 454 g/mol. The van der Waals surface area contributed by atoms with Gasteiger partial charge in [-0.25, -0.2) is 4.79 Å². The van der Waals surface area contributed by atoms with Crippen molar-refractivity contribution < 1.29 is 23.8 Å². The molecule has 2 aromatic rings. The first-order chi connectivity index (χ1) is 14.6. The van der Waals surface area contributed by atoms with Gasteiger partial charge in [-0.1, -0.05) is 18.2 Å². The summed E-state index contributed by atoms with van der Waals surface area (Å²) in [6.07, 6.45) is 0.141. The van der Waals surface area contributed by atoms with Crippen LogP contribution in [0, 0.1) is 0 Å². The van der Waals surface area contributed by atoms with E-state index in [4.69, 9.17) is 14.2 Å². The van der Waals surface area contributed by atoms with Crippen molar-refractivity contribution in [3.63, 3.8) is 0 Å². The minimum absolute atomic E-state index is 0.141. The molecule has 1 N–H and O–H groups in total. The molecule has 2 heterocycles. The minimum atomic E-state index is -0.702. The fourth-order valence-corrected chi connectivity index (χ4v) is 3.67. The fraction of sp³-hybridized carbons (Fsp3) is 0.286. The summed E-state index contributed by atoms with van der Waals surface area (Å²) < 4.78 is 16.9. The Morgan fingerprint density at radius 1 is 1.20 bits per heavy atom. The molecule has 0 fully saturated rings. The Morgan fingerprint density at radius 2 is 1.90 bits per heavy atom. The highest BCUT2D eigenvalue weighted by molar-refractivity contribution is 9.10. The minimum Gasteiger partial charge on any atom is -0.486 e. The standard InChI is InChI=1S/C21H20BrN3O5/c1-2-28-21(27)16-11-17(25(24-16)13-6-4-3-5-7-13)20(26)23-15-12-19-18(10-14(15)22)29-8-9-30-19/h3-7,10,12,17H,2,8-9,11H2,1H3,(H,23,26). The number of hydrogen-bond donors (Lipinski definition) is 1. The predicted octanol–water partition coefficient (Wildman–Crippen LogP) is 3.36. The van der Waals surface area contributed by atoms with Crippen LogP contribution in [0.3, 0.4) is 0 Å². The maximum absolute atomic E-state index is 13.2.